The van der Waals surface area contributed by atoms with E-state index in [4.69, 9.17) is 4.74 Å². The minimum absolute atomic E-state index is 0.0773. The monoisotopic (exact) mass is 428 g/mol. The Labute approximate surface area is 140 Å². The predicted molar refractivity (Wildman–Crippen MR) is 84.1 cm³/mol. The molecule has 1 saturated heterocycles. The molecule has 2 rings (SSSR count). The predicted octanol–water partition coefficient (Wildman–Crippen LogP) is 2.62. The van der Waals surface area contributed by atoms with Gasteiger partial charge in [-0.3, -0.25) is 4.79 Å². The van der Waals surface area contributed by atoms with Crippen LogP contribution in [0.5, 0.6) is 5.75 Å². The van der Waals surface area contributed by atoms with E-state index in [1.165, 1.54) is 6.07 Å². The molecule has 0 aromatic heterocycles. The first-order valence-corrected chi connectivity index (χ1v) is 7.70. The minimum Gasteiger partial charge on any atom is -0.483 e. The summed E-state index contributed by atoms with van der Waals surface area (Å²) in [5.74, 6) is -0.111. The van der Waals surface area contributed by atoms with Crippen molar-refractivity contribution < 1.29 is 22.7 Å². The molecule has 0 bridgehead atoms. The Hall–Kier alpha value is -1.03. The lowest BCUT2D eigenvalue weighted by Gasteiger charge is -2.42. The van der Waals surface area contributed by atoms with Gasteiger partial charge in [-0.25, -0.2) is 0 Å². The van der Waals surface area contributed by atoms with Gasteiger partial charge in [0.05, 0.1) is 3.57 Å². The summed E-state index contributed by atoms with van der Waals surface area (Å²) in [6, 6.07) is 4.89. The van der Waals surface area contributed by atoms with Crippen molar-refractivity contribution in [2.45, 2.75) is 12.2 Å². The van der Waals surface area contributed by atoms with E-state index in [0.29, 0.717) is 28.3 Å². The molecule has 0 aliphatic carbocycles. The molecule has 1 aliphatic heterocycles. The van der Waals surface area contributed by atoms with Crippen LogP contribution in [0.3, 0.4) is 0 Å². The van der Waals surface area contributed by atoms with Gasteiger partial charge < -0.3 is 14.5 Å². The lowest BCUT2D eigenvalue weighted by atomic mass is 10.1. The summed E-state index contributed by atoms with van der Waals surface area (Å²) in [4.78, 5) is 16.0. The van der Waals surface area contributed by atoms with Crippen molar-refractivity contribution in [3.8, 4) is 5.75 Å². The zero-order valence-electron chi connectivity index (χ0n) is 12.2. The summed E-state index contributed by atoms with van der Waals surface area (Å²) in [7, 11) is 3.89. The van der Waals surface area contributed by atoms with Gasteiger partial charge in [0, 0.05) is 24.7 Å². The molecule has 122 valence electrons. The maximum absolute atomic E-state index is 12.3. The molecule has 1 aromatic rings. The minimum atomic E-state index is -4.40. The standard InChI is InChI=1S/C14H16F3IN2O2/c1-19(2)10-6-20(7-10)13(21)9-3-4-11(18)12(5-9)22-8-14(15,16)17/h3-5,10H,6-8H2,1-2H3. The Morgan fingerprint density at radius 1 is 1.41 bits per heavy atom. The molecule has 0 radical (unpaired) electrons. The van der Waals surface area contributed by atoms with Crippen LogP contribution in [-0.2, 0) is 0 Å². The molecule has 0 unspecified atom stereocenters. The first kappa shape index (κ1) is 17.3. The summed E-state index contributed by atoms with van der Waals surface area (Å²) in [5, 5.41) is 0. The third-order valence-electron chi connectivity index (χ3n) is 3.45. The summed E-state index contributed by atoms with van der Waals surface area (Å²) < 4.78 is 42.0. The zero-order chi connectivity index (χ0) is 16.5. The quantitative estimate of drug-likeness (QED) is 0.692. The second-order valence-electron chi connectivity index (χ2n) is 5.38. The fourth-order valence-corrected chi connectivity index (χ4v) is 2.53. The number of amides is 1. The fourth-order valence-electron chi connectivity index (χ4n) is 2.04. The molecular weight excluding hydrogens is 412 g/mol. The van der Waals surface area contributed by atoms with E-state index in [0.717, 1.165) is 0 Å². The second kappa shape index (κ2) is 6.61. The number of carbonyl (C=O) groups is 1. The highest BCUT2D eigenvalue weighted by molar-refractivity contribution is 14.1. The number of rotatable bonds is 4. The van der Waals surface area contributed by atoms with Crippen molar-refractivity contribution in [3.05, 3.63) is 27.3 Å². The molecule has 1 heterocycles. The van der Waals surface area contributed by atoms with Crippen LogP contribution in [0.15, 0.2) is 18.2 Å². The molecule has 1 aromatic carbocycles. The largest absolute Gasteiger partial charge is 0.483 e. The van der Waals surface area contributed by atoms with Crippen molar-refractivity contribution in [2.75, 3.05) is 33.8 Å². The van der Waals surface area contributed by atoms with Gasteiger partial charge in [-0.05, 0) is 54.9 Å². The molecule has 22 heavy (non-hydrogen) atoms. The number of ether oxygens (including phenoxy) is 1. The summed E-state index contributed by atoms with van der Waals surface area (Å²) in [5.41, 5.74) is 0.342. The molecule has 0 saturated carbocycles. The van der Waals surface area contributed by atoms with Crippen LogP contribution in [0.4, 0.5) is 13.2 Å². The second-order valence-corrected chi connectivity index (χ2v) is 6.54. The number of hydrogen-bond acceptors (Lipinski definition) is 3. The fraction of sp³-hybridized carbons (Fsp3) is 0.500. The number of halogens is 4. The number of likely N-dealkylation sites (N-methyl/N-ethyl adjacent to an activating group) is 1. The van der Waals surface area contributed by atoms with Gasteiger partial charge in [0.25, 0.3) is 5.91 Å². The van der Waals surface area contributed by atoms with Gasteiger partial charge in [-0.15, -0.1) is 0 Å². The number of benzene rings is 1. The highest BCUT2D eigenvalue weighted by atomic mass is 127. The van der Waals surface area contributed by atoms with Crippen LogP contribution in [0.2, 0.25) is 0 Å². The Bertz CT molecular complexity index is 558. The lowest BCUT2D eigenvalue weighted by Crippen LogP contribution is -2.59. The van der Waals surface area contributed by atoms with Gasteiger partial charge in [-0.2, -0.15) is 13.2 Å². The molecule has 8 heteroatoms. The molecule has 0 N–H and O–H groups in total. The molecule has 1 aliphatic rings. The molecule has 4 nitrogen and oxygen atoms in total. The average Bonchev–Trinajstić information content (AvgIpc) is 2.34. The van der Waals surface area contributed by atoms with E-state index in [1.807, 2.05) is 41.6 Å². The topological polar surface area (TPSA) is 32.8 Å². The van der Waals surface area contributed by atoms with Crippen molar-refractivity contribution in [1.29, 1.82) is 0 Å². The summed E-state index contributed by atoms with van der Waals surface area (Å²) in [6.45, 7) is -0.125. The normalized spacial score (nSPS) is 15.9. The van der Waals surface area contributed by atoms with Crippen molar-refractivity contribution in [3.63, 3.8) is 0 Å². The third-order valence-corrected chi connectivity index (χ3v) is 4.34. The summed E-state index contributed by atoms with van der Waals surface area (Å²) in [6.07, 6.45) is -4.40. The van der Waals surface area contributed by atoms with Gasteiger partial charge in [0.2, 0.25) is 0 Å². The van der Waals surface area contributed by atoms with Gasteiger partial charge >= 0.3 is 6.18 Å². The lowest BCUT2D eigenvalue weighted by molar-refractivity contribution is -0.153. The van der Waals surface area contributed by atoms with E-state index in [9.17, 15) is 18.0 Å². The summed E-state index contributed by atoms with van der Waals surface area (Å²) >= 11 is 1.88. The van der Waals surface area contributed by atoms with Crippen molar-refractivity contribution >= 4 is 28.5 Å². The number of nitrogens with zero attached hydrogens (tertiary/aromatic N) is 2. The molecule has 0 spiro atoms. The molecule has 1 fully saturated rings. The van der Waals surface area contributed by atoms with E-state index >= 15 is 0 Å². The van der Waals surface area contributed by atoms with Crippen LogP contribution in [0.25, 0.3) is 0 Å². The van der Waals surface area contributed by atoms with Crippen molar-refractivity contribution in [2.24, 2.45) is 0 Å². The maximum Gasteiger partial charge on any atom is 0.422 e. The Morgan fingerprint density at radius 2 is 2.05 bits per heavy atom. The van der Waals surface area contributed by atoms with Crippen LogP contribution in [-0.4, -0.2) is 61.7 Å². The Balaban J connectivity index is 2.04. The third kappa shape index (κ3) is 4.25. The average molecular weight is 428 g/mol. The van der Waals surface area contributed by atoms with Crippen LogP contribution in [0.1, 0.15) is 10.4 Å². The number of hydrogen-bond donors (Lipinski definition) is 0. The first-order valence-electron chi connectivity index (χ1n) is 6.62. The van der Waals surface area contributed by atoms with Crippen LogP contribution < -0.4 is 4.74 Å². The van der Waals surface area contributed by atoms with Crippen molar-refractivity contribution in [1.82, 2.24) is 9.80 Å². The molecule has 0 atom stereocenters. The number of carbonyl (C=O) groups excluding carboxylic acids is 1. The SMILES string of the molecule is CN(C)C1CN(C(=O)c2ccc(I)c(OCC(F)(F)F)c2)C1. The Kier molecular flexibility index (Phi) is 5.21. The molecular formula is C14H16F3IN2O2. The van der Waals surface area contributed by atoms with E-state index < -0.39 is 12.8 Å². The van der Waals surface area contributed by atoms with E-state index in [-0.39, 0.29) is 11.7 Å². The smallest absolute Gasteiger partial charge is 0.422 e. The first-order chi connectivity index (χ1) is 10.2. The number of likely N-dealkylation sites (tertiary alicyclic amines) is 1. The van der Waals surface area contributed by atoms with Gasteiger partial charge in [-0.1, -0.05) is 0 Å². The van der Waals surface area contributed by atoms with E-state index in [1.54, 1.807) is 17.0 Å². The van der Waals surface area contributed by atoms with E-state index in [2.05, 4.69) is 0 Å². The maximum atomic E-state index is 12.3. The highest BCUT2D eigenvalue weighted by Gasteiger charge is 2.33. The van der Waals surface area contributed by atoms with Crippen LogP contribution in [0, 0.1) is 3.57 Å². The Morgan fingerprint density at radius 3 is 2.59 bits per heavy atom. The zero-order valence-corrected chi connectivity index (χ0v) is 14.3. The molecule has 1 amide bonds. The van der Waals surface area contributed by atoms with Gasteiger partial charge in [0.15, 0.2) is 6.61 Å². The number of alkyl halides is 3. The van der Waals surface area contributed by atoms with Crippen LogP contribution >= 0.6 is 22.6 Å². The van der Waals surface area contributed by atoms with Gasteiger partial charge in [0.1, 0.15) is 5.75 Å². The highest BCUT2D eigenvalue weighted by Crippen LogP contribution is 2.26.